The standard InChI is InChI=1S/C15H18N2O4/c1-21-14-8-11(2-3-13(14)18)12(9-16)17-6-4-10(5-7-17)15(19)20/h2-3,8,10,12,18H,4-7H2,1H3,(H,19,20). The van der Waals surface area contributed by atoms with Gasteiger partial charge in [-0.25, -0.2) is 0 Å². The lowest BCUT2D eigenvalue weighted by Gasteiger charge is -2.33. The molecule has 0 aromatic heterocycles. The van der Waals surface area contributed by atoms with Crippen molar-refractivity contribution in [3.63, 3.8) is 0 Å². The average molecular weight is 290 g/mol. The van der Waals surface area contributed by atoms with Crippen molar-refractivity contribution in [2.45, 2.75) is 18.9 Å². The third kappa shape index (κ3) is 3.26. The Labute approximate surface area is 123 Å². The van der Waals surface area contributed by atoms with Gasteiger partial charge in [0.25, 0.3) is 0 Å². The predicted molar refractivity (Wildman–Crippen MR) is 74.9 cm³/mol. The molecule has 1 aromatic rings. The number of benzene rings is 1. The number of piperidine rings is 1. The van der Waals surface area contributed by atoms with Gasteiger partial charge in [-0.2, -0.15) is 5.26 Å². The Bertz CT molecular complexity index is 559. The second-order valence-electron chi connectivity index (χ2n) is 5.11. The summed E-state index contributed by atoms with van der Waals surface area (Å²) in [5, 5.41) is 28.0. The highest BCUT2D eigenvalue weighted by atomic mass is 16.5. The average Bonchev–Trinajstić information content (AvgIpc) is 2.50. The number of carbonyl (C=O) groups is 1. The predicted octanol–water partition coefficient (Wildman–Crippen LogP) is 1.76. The van der Waals surface area contributed by atoms with E-state index in [0.29, 0.717) is 31.7 Å². The number of nitrogens with zero attached hydrogens (tertiary/aromatic N) is 2. The van der Waals surface area contributed by atoms with Gasteiger partial charge in [0.05, 0.1) is 19.1 Å². The van der Waals surface area contributed by atoms with Crippen LogP contribution in [0.5, 0.6) is 11.5 Å². The highest BCUT2D eigenvalue weighted by molar-refractivity contribution is 5.70. The van der Waals surface area contributed by atoms with Gasteiger partial charge in [0.1, 0.15) is 6.04 Å². The van der Waals surface area contributed by atoms with Crippen molar-refractivity contribution in [1.29, 1.82) is 5.26 Å². The van der Waals surface area contributed by atoms with E-state index in [1.54, 1.807) is 12.1 Å². The van der Waals surface area contributed by atoms with Crippen LogP contribution in [0.15, 0.2) is 18.2 Å². The molecule has 0 aliphatic carbocycles. The highest BCUT2D eigenvalue weighted by Gasteiger charge is 2.29. The minimum absolute atomic E-state index is 0.0301. The first-order valence-electron chi connectivity index (χ1n) is 6.80. The van der Waals surface area contributed by atoms with Gasteiger partial charge in [-0.15, -0.1) is 0 Å². The van der Waals surface area contributed by atoms with Gasteiger partial charge in [0.2, 0.25) is 0 Å². The van der Waals surface area contributed by atoms with E-state index in [1.165, 1.54) is 13.2 Å². The number of likely N-dealkylation sites (tertiary alicyclic amines) is 1. The Hall–Kier alpha value is -2.26. The lowest BCUT2D eigenvalue weighted by molar-refractivity contribution is -0.143. The van der Waals surface area contributed by atoms with Gasteiger partial charge in [-0.3, -0.25) is 9.69 Å². The maximum Gasteiger partial charge on any atom is 0.306 e. The van der Waals surface area contributed by atoms with Crippen molar-refractivity contribution >= 4 is 5.97 Å². The van der Waals surface area contributed by atoms with Gasteiger partial charge >= 0.3 is 5.97 Å². The smallest absolute Gasteiger partial charge is 0.306 e. The van der Waals surface area contributed by atoms with Gasteiger partial charge in [0, 0.05) is 13.1 Å². The van der Waals surface area contributed by atoms with E-state index in [4.69, 9.17) is 9.84 Å². The van der Waals surface area contributed by atoms with Crippen LogP contribution in [0, 0.1) is 17.2 Å². The molecule has 21 heavy (non-hydrogen) atoms. The molecule has 0 spiro atoms. The molecule has 0 bridgehead atoms. The lowest BCUT2D eigenvalue weighted by Crippen LogP contribution is -2.38. The summed E-state index contributed by atoms with van der Waals surface area (Å²) in [5.41, 5.74) is 0.737. The molecule has 1 heterocycles. The van der Waals surface area contributed by atoms with Crippen LogP contribution in [0.2, 0.25) is 0 Å². The topological polar surface area (TPSA) is 93.8 Å². The zero-order valence-electron chi connectivity index (χ0n) is 11.8. The van der Waals surface area contributed by atoms with Gasteiger partial charge < -0.3 is 14.9 Å². The third-order valence-corrected chi connectivity index (χ3v) is 3.89. The lowest BCUT2D eigenvalue weighted by atomic mass is 9.94. The fourth-order valence-corrected chi connectivity index (χ4v) is 2.64. The maximum absolute atomic E-state index is 11.0. The molecule has 2 rings (SSSR count). The number of ether oxygens (including phenoxy) is 1. The van der Waals surface area contributed by atoms with Crippen LogP contribution < -0.4 is 4.74 Å². The molecule has 0 radical (unpaired) electrons. The fourth-order valence-electron chi connectivity index (χ4n) is 2.64. The molecule has 1 saturated heterocycles. The van der Waals surface area contributed by atoms with Crippen LogP contribution in [0.1, 0.15) is 24.4 Å². The number of aliphatic carboxylic acids is 1. The normalized spacial score (nSPS) is 17.9. The van der Waals surface area contributed by atoms with Crippen molar-refractivity contribution in [1.82, 2.24) is 4.90 Å². The number of nitriles is 1. The number of aromatic hydroxyl groups is 1. The summed E-state index contributed by atoms with van der Waals surface area (Å²) in [6.45, 7) is 1.14. The molecule has 0 amide bonds. The van der Waals surface area contributed by atoms with E-state index in [0.717, 1.165) is 5.56 Å². The van der Waals surface area contributed by atoms with Crippen molar-refractivity contribution in [3.8, 4) is 17.6 Å². The van der Waals surface area contributed by atoms with Crippen molar-refractivity contribution < 1.29 is 19.7 Å². The minimum atomic E-state index is -0.769. The molecule has 1 fully saturated rings. The quantitative estimate of drug-likeness (QED) is 0.877. The third-order valence-electron chi connectivity index (χ3n) is 3.89. The van der Waals surface area contributed by atoms with E-state index in [9.17, 15) is 15.2 Å². The summed E-state index contributed by atoms with van der Waals surface area (Å²) in [7, 11) is 1.46. The number of hydrogen-bond acceptors (Lipinski definition) is 5. The van der Waals surface area contributed by atoms with Crippen LogP contribution in [0.4, 0.5) is 0 Å². The second kappa shape index (κ2) is 6.46. The van der Waals surface area contributed by atoms with Crippen LogP contribution in [-0.2, 0) is 4.79 Å². The molecule has 1 atom stereocenters. The van der Waals surface area contributed by atoms with E-state index < -0.39 is 12.0 Å². The molecule has 1 aliphatic heterocycles. The maximum atomic E-state index is 11.0. The summed E-state index contributed by atoms with van der Waals surface area (Å²) in [4.78, 5) is 12.9. The number of hydrogen-bond donors (Lipinski definition) is 2. The van der Waals surface area contributed by atoms with Crippen molar-refractivity contribution in [2.24, 2.45) is 5.92 Å². The number of methoxy groups -OCH3 is 1. The van der Waals surface area contributed by atoms with Crippen molar-refractivity contribution in [2.75, 3.05) is 20.2 Å². The fraction of sp³-hybridized carbons (Fsp3) is 0.467. The van der Waals surface area contributed by atoms with Crippen LogP contribution in [0.25, 0.3) is 0 Å². The first-order valence-corrected chi connectivity index (χ1v) is 6.80. The van der Waals surface area contributed by atoms with E-state index >= 15 is 0 Å². The van der Waals surface area contributed by atoms with Gasteiger partial charge in [-0.05, 0) is 30.5 Å². The molecular weight excluding hydrogens is 272 g/mol. The molecule has 1 aromatic carbocycles. The monoisotopic (exact) mass is 290 g/mol. The van der Waals surface area contributed by atoms with E-state index in [2.05, 4.69) is 6.07 Å². The Morgan fingerprint density at radius 3 is 2.67 bits per heavy atom. The number of carboxylic acid groups (broad SMARTS) is 1. The highest BCUT2D eigenvalue weighted by Crippen LogP contribution is 2.32. The molecular formula is C15H18N2O4. The summed E-state index contributed by atoms with van der Waals surface area (Å²) in [6, 6.07) is 6.62. The SMILES string of the molecule is COc1cc(C(C#N)N2CCC(C(=O)O)CC2)ccc1O. The summed E-state index contributed by atoms with van der Waals surface area (Å²) < 4.78 is 5.06. The molecule has 1 unspecified atom stereocenters. The van der Waals surface area contributed by atoms with Crippen LogP contribution in [-0.4, -0.2) is 41.3 Å². The molecule has 6 heteroatoms. The van der Waals surface area contributed by atoms with Crippen molar-refractivity contribution in [3.05, 3.63) is 23.8 Å². The first-order chi connectivity index (χ1) is 10.1. The summed E-state index contributed by atoms with van der Waals surface area (Å²) in [6.07, 6.45) is 1.09. The number of rotatable bonds is 4. The van der Waals surface area contributed by atoms with Crippen LogP contribution in [0.3, 0.4) is 0 Å². The Kier molecular flexibility index (Phi) is 4.66. The van der Waals surface area contributed by atoms with Gasteiger partial charge in [0.15, 0.2) is 11.5 Å². The number of phenolic OH excluding ortho intramolecular Hbond substituents is 1. The molecule has 6 nitrogen and oxygen atoms in total. The molecule has 1 aliphatic rings. The molecule has 2 N–H and O–H groups in total. The molecule has 0 saturated carbocycles. The van der Waals surface area contributed by atoms with Crippen LogP contribution >= 0.6 is 0 Å². The van der Waals surface area contributed by atoms with E-state index in [1.807, 2.05) is 4.90 Å². The number of phenols is 1. The minimum Gasteiger partial charge on any atom is -0.504 e. The first kappa shape index (κ1) is 15.1. The zero-order chi connectivity index (χ0) is 15.4. The summed E-state index contributed by atoms with van der Waals surface area (Å²) >= 11 is 0. The largest absolute Gasteiger partial charge is 0.504 e. The second-order valence-corrected chi connectivity index (χ2v) is 5.11. The number of carboxylic acids is 1. The zero-order valence-corrected chi connectivity index (χ0v) is 11.8. The molecule has 112 valence electrons. The van der Waals surface area contributed by atoms with Gasteiger partial charge in [-0.1, -0.05) is 6.07 Å². The Morgan fingerprint density at radius 2 is 2.14 bits per heavy atom. The van der Waals surface area contributed by atoms with E-state index in [-0.39, 0.29) is 11.7 Å². The Balaban J connectivity index is 2.14. The summed E-state index contributed by atoms with van der Waals surface area (Å²) in [5.74, 6) is -0.736. The Morgan fingerprint density at radius 1 is 1.48 bits per heavy atom.